The third-order valence-electron chi connectivity index (χ3n) is 3.95. The number of hydrogen-bond donors (Lipinski definition) is 2. The van der Waals surface area contributed by atoms with E-state index in [-0.39, 0.29) is 36.6 Å². The van der Waals surface area contributed by atoms with Crippen LogP contribution < -0.4 is 5.32 Å². The van der Waals surface area contributed by atoms with Crippen molar-refractivity contribution < 1.29 is 14.6 Å². The molecule has 0 aromatic heterocycles. The van der Waals surface area contributed by atoms with E-state index in [4.69, 9.17) is 9.84 Å². The molecule has 1 fully saturated rings. The lowest BCUT2D eigenvalue weighted by molar-refractivity contribution is -0.121. The molecule has 1 saturated heterocycles. The Morgan fingerprint density at radius 1 is 1.21 bits per heavy atom. The Morgan fingerprint density at radius 3 is 2.32 bits per heavy atom. The maximum absolute atomic E-state index is 12.3. The largest absolute Gasteiger partial charge is 0.392 e. The molecular weight excluding hydrogens is 242 g/mol. The summed E-state index contributed by atoms with van der Waals surface area (Å²) in [6, 6.07) is 7.21. The Hall–Kier alpha value is -1.39. The van der Waals surface area contributed by atoms with Crippen LogP contribution in [0.25, 0.3) is 0 Å². The average molecular weight is 263 g/mol. The van der Waals surface area contributed by atoms with Gasteiger partial charge in [0.15, 0.2) is 0 Å². The Kier molecular flexibility index (Phi) is 4.22. The molecule has 0 bridgehead atoms. The highest BCUT2D eigenvalue weighted by atomic mass is 16.5. The van der Waals surface area contributed by atoms with E-state index in [0.717, 1.165) is 11.3 Å². The second kappa shape index (κ2) is 5.72. The predicted molar refractivity (Wildman–Crippen MR) is 73.7 cm³/mol. The summed E-state index contributed by atoms with van der Waals surface area (Å²) in [7, 11) is 0. The van der Waals surface area contributed by atoms with Crippen molar-refractivity contribution in [2.45, 2.75) is 39.6 Å². The molecule has 0 radical (unpaired) electrons. The van der Waals surface area contributed by atoms with Gasteiger partial charge >= 0.3 is 0 Å². The SMILES string of the molecule is CC1OC(C)C(C(=O)Nc2ccc(CO)cc2)C1C. The first-order valence-corrected chi connectivity index (χ1v) is 6.69. The first-order valence-electron chi connectivity index (χ1n) is 6.69. The molecule has 4 unspecified atom stereocenters. The number of aliphatic hydroxyl groups excluding tert-OH is 1. The molecule has 19 heavy (non-hydrogen) atoms. The summed E-state index contributed by atoms with van der Waals surface area (Å²) in [4.78, 5) is 12.3. The summed E-state index contributed by atoms with van der Waals surface area (Å²) in [6.07, 6.45) is 0.0595. The zero-order valence-corrected chi connectivity index (χ0v) is 11.6. The molecule has 0 spiro atoms. The second-order valence-electron chi connectivity index (χ2n) is 5.28. The Labute approximate surface area is 113 Å². The first kappa shape index (κ1) is 14.0. The van der Waals surface area contributed by atoms with Crippen LogP contribution in [0.1, 0.15) is 26.3 Å². The fourth-order valence-corrected chi connectivity index (χ4v) is 2.64. The molecule has 1 aliphatic heterocycles. The number of ether oxygens (including phenoxy) is 1. The van der Waals surface area contributed by atoms with Gasteiger partial charge in [0.2, 0.25) is 5.91 Å². The molecule has 1 aromatic rings. The zero-order valence-electron chi connectivity index (χ0n) is 11.6. The van der Waals surface area contributed by atoms with Gasteiger partial charge in [0.05, 0.1) is 24.7 Å². The van der Waals surface area contributed by atoms with Gasteiger partial charge in [-0.3, -0.25) is 4.79 Å². The summed E-state index contributed by atoms with van der Waals surface area (Å²) in [5.41, 5.74) is 1.58. The molecule has 1 heterocycles. The molecular formula is C15H21NO3. The Bertz CT molecular complexity index is 443. The van der Waals surface area contributed by atoms with Gasteiger partial charge in [0.25, 0.3) is 0 Å². The summed E-state index contributed by atoms with van der Waals surface area (Å²) in [5.74, 6) is 0.0975. The van der Waals surface area contributed by atoms with Crippen LogP contribution in [-0.4, -0.2) is 23.2 Å². The summed E-state index contributed by atoms with van der Waals surface area (Å²) in [6.45, 7) is 6.01. The molecule has 1 amide bonds. The van der Waals surface area contributed by atoms with Gasteiger partial charge in [-0.2, -0.15) is 0 Å². The lowest BCUT2D eigenvalue weighted by atomic mass is 9.89. The summed E-state index contributed by atoms with van der Waals surface area (Å²) < 4.78 is 5.69. The van der Waals surface area contributed by atoms with Crippen LogP contribution in [0.15, 0.2) is 24.3 Å². The molecule has 2 N–H and O–H groups in total. The molecule has 4 atom stereocenters. The average Bonchev–Trinajstić information content (AvgIpc) is 2.64. The molecule has 4 heteroatoms. The van der Waals surface area contributed by atoms with Crippen LogP contribution in [0.3, 0.4) is 0 Å². The molecule has 1 aromatic carbocycles. The third-order valence-corrected chi connectivity index (χ3v) is 3.95. The van der Waals surface area contributed by atoms with Crippen LogP contribution in [0.5, 0.6) is 0 Å². The topological polar surface area (TPSA) is 58.6 Å². The van der Waals surface area contributed by atoms with Crippen LogP contribution in [-0.2, 0) is 16.1 Å². The standard InChI is InChI=1S/C15H21NO3/c1-9-10(2)19-11(3)14(9)15(18)16-13-6-4-12(8-17)5-7-13/h4-7,9-11,14,17H,8H2,1-3H3,(H,16,18). The van der Waals surface area contributed by atoms with Crippen LogP contribution in [0, 0.1) is 11.8 Å². The van der Waals surface area contributed by atoms with Crippen molar-refractivity contribution in [3.05, 3.63) is 29.8 Å². The number of carbonyl (C=O) groups is 1. The predicted octanol–water partition coefficient (Wildman–Crippen LogP) is 2.18. The summed E-state index contributed by atoms with van der Waals surface area (Å²) >= 11 is 0. The maximum Gasteiger partial charge on any atom is 0.230 e. The minimum Gasteiger partial charge on any atom is -0.392 e. The number of anilines is 1. The lowest BCUT2D eigenvalue weighted by Gasteiger charge is -2.18. The highest BCUT2D eigenvalue weighted by Crippen LogP contribution is 2.32. The Balaban J connectivity index is 2.04. The second-order valence-corrected chi connectivity index (χ2v) is 5.28. The Morgan fingerprint density at radius 2 is 1.84 bits per heavy atom. The third kappa shape index (κ3) is 2.96. The monoisotopic (exact) mass is 263 g/mol. The van der Waals surface area contributed by atoms with E-state index in [2.05, 4.69) is 5.32 Å². The van der Waals surface area contributed by atoms with Crippen LogP contribution in [0.2, 0.25) is 0 Å². The number of hydrogen-bond acceptors (Lipinski definition) is 3. The van der Waals surface area contributed by atoms with E-state index in [0.29, 0.717) is 0 Å². The van der Waals surface area contributed by atoms with Gasteiger partial charge in [-0.25, -0.2) is 0 Å². The van der Waals surface area contributed by atoms with Crippen molar-refractivity contribution in [3.63, 3.8) is 0 Å². The van der Waals surface area contributed by atoms with E-state index in [1.165, 1.54) is 0 Å². The quantitative estimate of drug-likeness (QED) is 0.878. The molecule has 104 valence electrons. The van der Waals surface area contributed by atoms with Gasteiger partial charge in [-0.15, -0.1) is 0 Å². The van der Waals surface area contributed by atoms with Crippen molar-refractivity contribution in [2.75, 3.05) is 5.32 Å². The van der Waals surface area contributed by atoms with E-state index in [1.54, 1.807) is 24.3 Å². The number of benzene rings is 1. The van der Waals surface area contributed by atoms with E-state index < -0.39 is 0 Å². The molecule has 0 saturated carbocycles. The van der Waals surface area contributed by atoms with E-state index in [9.17, 15) is 4.79 Å². The minimum atomic E-state index is -0.118. The van der Waals surface area contributed by atoms with Crippen LogP contribution in [0.4, 0.5) is 5.69 Å². The summed E-state index contributed by atoms with van der Waals surface area (Å²) in [5, 5.41) is 11.9. The van der Waals surface area contributed by atoms with Gasteiger partial charge in [0.1, 0.15) is 0 Å². The fourth-order valence-electron chi connectivity index (χ4n) is 2.64. The smallest absolute Gasteiger partial charge is 0.230 e. The molecule has 4 nitrogen and oxygen atoms in total. The van der Waals surface area contributed by atoms with Crippen molar-refractivity contribution in [1.82, 2.24) is 0 Å². The number of nitrogens with one attached hydrogen (secondary N) is 1. The number of amides is 1. The van der Waals surface area contributed by atoms with Gasteiger partial charge in [-0.05, 0) is 37.5 Å². The van der Waals surface area contributed by atoms with Crippen molar-refractivity contribution >= 4 is 11.6 Å². The molecule has 1 aliphatic rings. The first-order chi connectivity index (χ1) is 9.02. The highest BCUT2D eigenvalue weighted by molar-refractivity contribution is 5.93. The van der Waals surface area contributed by atoms with Crippen molar-refractivity contribution in [1.29, 1.82) is 0 Å². The highest BCUT2D eigenvalue weighted by Gasteiger charge is 2.41. The molecule has 2 rings (SSSR count). The van der Waals surface area contributed by atoms with Crippen LogP contribution >= 0.6 is 0 Å². The number of carbonyl (C=O) groups excluding carboxylic acids is 1. The van der Waals surface area contributed by atoms with E-state index in [1.807, 2.05) is 20.8 Å². The normalized spacial score (nSPS) is 30.3. The van der Waals surface area contributed by atoms with Gasteiger partial charge < -0.3 is 15.2 Å². The van der Waals surface area contributed by atoms with E-state index >= 15 is 0 Å². The van der Waals surface area contributed by atoms with Crippen molar-refractivity contribution in [2.24, 2.45) is 11.8 Å². The van der Waals surface area contributed by atoms with Gasteiger partial charge in [0, 0.05) is 5.69 Å². The number of aliphatic hydroxyl groups is 1. The molecule has 0 aliphatic carbocycles. The fraction of sp³-hybridized carbons (Fsp3) is 0.533. The number of rotatable bonds is 3. The lowest BCUT2D eigenvalue weighted by Crippen LogP contribution is -2.31. The minimum absolute atomic E-state index is 0.00102. The zero-order chi connectivity index (χ0) is 14.0. The van der Waals surface area contributed by atoms with Crippen molar-refractivity contribution in [3.8, 4) is 0 Å². The van der Waals surface area contributed by atoms with Gasteiger partial charge in [-0.1, -0.05) is 19.1 Å². The maximum atomic E-state index is 12.3.